The molecule has 1 heterocycles. The number of nitrogens with zero attached hydrogens (tertiary/aromatic N) is 4. The summed E-state index contributed by atoms with van der Waals surface area (Å²) in [6.07, 6.45) is 1.50. The largest absolute Gasteiger partial charge is 0.342 e. The molecule has 0 aromatic heterocycles. The number of carbonyl (C=O) groups excluding carboxylic acids is 1. The van der Waals surface area contributed by atoms with Crippen molar-refractivity contribution in [1.29, 1.82) is 0 Å². The highest BCUT2D eigenvalue weighted by Gasteiger charge is 2.28. The van der Waals surface area contributed by atoms with Gasteiger partial charge in [-0.1, -0.05) is 23.3 Å². The van der Waals surface area contributed by atoms with Crippen molar-refractivity contribution in [2.24, 2.45) is 11.0 Å². The Bertz CT molecular complexity index is 487. The highest BCUT2D eigenvalue weighted by molar-refractivity contribution is 7.99. The van der Waals surface area contributed by atoms with Crippen LogP contribution in [0, 0.1) is 5.92 Å². The average Bonchev–Trinajstić information content (AvgIpc) is 2.83. The lowest BCUT2D eigenvalue weighted by molar-refractivity contribution is -0.127. The Kier molecular flexibility index (Phi) is 5.77. The Morgan fingerprint density at radius 3 is 2.95 bits per heavy atom. The zero-order valence-electron chi connectivity index (χ0n) is 11.3. The molecule has 0 saturated carbocycles. The predicted octanol–water partition coefficient (Wildman–Crippen LogP) is 3.33. The van der Waals surface area contributed by atoms with Crippen LogP contribution in [0.3, 0.4) is 0 Å². The number of amides is 1. The summed E-state index contributed by atoms with van der Waals surface area (Å²) in [5.41, 5.74) is 8.30. The van der Waals surface area contributed by atoms with Gasteiger partial charge in [-0.15, -0.1) is 11.8 Å². The van der Waals surface area contributed by atoms with Gasteiger partial charge in [0.25, 0.3) is 0 Å². The van der Waals surface area contributed by atoms with E-state index in [4.69, 9.17) is 5.53 Å². The van der Waals surface area contributed by atoms with Gasteiger partial charge in [0, 0.05) is 35.9 Å². The molecule has 20 heavy (non-hydrogen) atoms. The first kappa shape index (κ1) is 14.8. The van der Waals surface area contributed by atoms with E-state index in [-0.39, 0.29) is 11.8 Å². The summed E-state index contributed by atoms with van der Waals surface area (Å²) in [5.74, 6) is 1.39. The molecule has 6 heteroatoms. The van der Waals surface area contributed by atoms with E-state index in [2.05, 4.69) is 22.2 Å². The molecule has 1 fully saturated rings. The van der Waals surface area contributed by atoms with Crippen molar-refractivity contribution in [2.75, 3.05) is 25.4 Å². The molecule has 106 valence electrons. The van der Waals surface area contributed by atoms with Gasteiger partial charge in [0.1, 0.15) is 0 Å². The first-order valence-corrected chi connectivity index (χ1v) is 7.74. The van der Waals surface area contributed by atoms with Crippen LogP contribution in [0.4, 0.5) is 0 Å². The summed E-state index contributed by atoms with van der Waals surface area (Å²) in [6.45, 7) is 1.96. The average molecular weight is 290 g/mol. The van der Waals surface area contributed by atoms with E-state index in [9.17, 15) is 4.79 Å². The predicted molar refractivity (Wildman–Crippen MR) is 80.5 cm³/mol. The lowest BCUT2D eigenvalue weighted by Crippen LogP contribution is -2.26. The number of carbonyl (C=O) groups is 1. The second kappa shape index (κ2) is 7.82. The maximum atomic E-state index is 11.8. The molecule has 0 aliphatic carbocycles. The van der Waals surface area contributed by atoms with Crippen LogP contribution < -0.4 is 0 Å². The summed E-state index contributed by atoms with van der Waals surface area (Å²) >= 11 is 1.82. The minimum atomic E-state index is 0.188. The third-order valence-corrected chi connectivity index (χ3v) is 4.38. The number of azide groups is 1. The SMILES string of the molecule is [N-]=[N+]=NCC1CC(=O)N(CCCSc2ccccc2)C1. The first-order chi connectivity index (χ1) is 9.79. The van der Waals surface area contributed by atoms with Gasteiger partial charge >= 0.3 is 0 Å². The number of benzene rings is 1. The number of hydrogen-bond acceptors (Lipinski definition) is 3. The molecule has 0 radical (unpaired) electrons. The van der Waals surface area contributed by atoms with E-state index in [1.165, 1.54) is 4.90 Å². The number of thioether (sulfide) groups is 1. The number of likely N-dealkylation sites (tertiary alicyclic amines) is 1. The molecule has 1 aromatic carbocycles. The third kappa shape index (κ3) is 4.47. The van der Waals surface area contributed by atoms with Crippen molar-refractivity contribution in [3.05, 3.63) is 40.8 Å². The van der Waals surface area contributed by atoms with Crippen molar-refractivity contribution < 1.29 is 4.79 Å². The lowest BCUT2D eigenvalue weighted by Gasteiger charge is -2.15. The standard InChI is InChI=1S/C14H18N4OS/c15-17-16-10-12-9-14(19)18(11-12)7-4-8-20-13-5-2-1-3-6-13/h1-3,5-6,12H,4,7-11H2. The van der Waals surface area contributed by atoms with Gasteiger partial charge in [-0.05, 0) is 35.8 Å². The van der Waals surface area contributed by atoms with E-state index in [0.29, 0.717) is 13.0 Å². The zero-order valence-corrected chi connectivity index (χ0v) is 12.1. The molecule has 0 N–H and O–H groups in total. The van der Waals surface area contributed by atoms with Crippen molar-refractivity contribution in [3.8, 4) is 0 Å². The summed E-state index contributed by atoms with van der Waals surface area (Å²) in [5, 5.41) is 3.56. The highest BCUT2D eigenvalue weighted by Crippen LogP contribution is 2.21. The van der Waals surface area contributed by atoms with Crippen molar-refractivity contribution in [1.82, 2.24) is 4.90 Å². The fraction of sp³-hybridized carbons (Fsp3) is 0.500. The van der Waals surface area contributed by atoms with Crippen LogP contribution in [0.1, 0.15) is 12.8 Å². The Labute approximate surface area is 123 Å². The van der Waals surface area contributed by atoms with Gasteiger partial charge in [0.2, 0.25) is 5.91 Å². The quantitative estimate of drug-likeness (QED) is 0.254. The Hall–Kier alpha value is -1.65. The number of hydrogen-bond donors (Lipinski definition) is 0. The maximum absolute atomic E-state index is 11.8. The van der Waals surface area contributed by atoms with Gasteiger partial charge in [-0.3, -0.25) is 4.79 Å². The Morgan fingerprint density at radius 1 is 1.40 bits per heavy atom. The van der Waals surface area contributed by atoms with Crippen LogP contribution in [0.5, 0.6) is 0 Å². The smallest absolute Gasteiger partial charge is 0.222 e. The molecule has 1 aliphatic rings. The van der Waals surface area contributed by atoms with Gasteiger partial charge in [-0.25, -0.2) is 0 Å². The van der Waals surface area contributed by atoms with Gasteiger partial charge < -0.3 is 4.90 Å². The molecule has 0 spiro atoms. The maximum Gasteiger partial charge on any atom is 0.222 e. The minimum absolute atomic E-state index is 0.188. The van der Waals surface area contributed by atoms with Crippen LogP contribution >= 0.6 is 11.8 Å². The fourth-order valence-electron chi connectivity index (χ4n) is 2.31. The summed E-state index contributed by atoms with van der Waals surface area (Å²) in [4.78, 5) is 17.7. The second-order valence-corrected chi connectivity index (χ2v) is 6.01. The van der Waals surface area contributed by atoms with Crippen LogP contribution in [0.25, 0.3) is 10.4 Å². The molecule has 1 unspecified atom stereocenters. The van der Waals surface area contributed by atoms with Gasteiger partial charge in [-0.2, -0.15) is 0 Å². The minimum Gasteiger partial charge on any atom is -0.342 e. The Balaban J connectivity index is 1.67. The van der Waals surface area contributed by atoms with E-state index in [1.807, 2.05) is 34.9 Å². The van der Waals surface area contributed by atoms with E-state index in [0.717, 1.165) is 25.3 Å². The van der Waals surface area contributed by atoms with Crippen molar-refractivity contribution in [3.63, 3.8) is 0 Å². The normalized spacial score (nSPS) is 18.1. The van der Waals surface area contributed by atoms with Crippen molar-refractivity contribution in [2.45, 2.75) is 17.7 Å². The molecule has 1 atom stereocenters. The van der Waals surface area contributed by atoms with E-state index < -0.39 is 0 Å². The summed E-state index contributed by atoms with van der Waals surface area (Å²) < 4.78 is 0. The monoisotopic (exact) mass is 290 g/mol. The Morgan fingerprint density at radius 2 is 2.20 bits per heavy atom. The zero-order chi connectivity index (χ0) is 14.2. The molecule has 1 aliphatic heterocycles. The molecule has 2 rings (SSSR count). The third-order valence-electron chi connectivity index (χ3n) is 3.28. The van der Waals surface area contributed by atoms with Gasteiger partial charge in [0.15, 0.2) is 0 Å². The molecule has 1 saturated heterocycles. The van der Waals surface area contributed by atoms with Crippen LogP contribution in [0.15, 0.2) is 40.3 Å². The molecular formula is C14H18N4OS. The number of rotatable bonds is 7. The first-order valence-electron chi connectivity index (χ1n) is 6.76. The highest BCUT2D eigenvalue weighted by atomic mass is 32.2. The second-order valence-electron chi connectivity index (χ2n) is 4.84. The lowest BCUT2D eigenvalue weighted by atomic mass is 10.1. The van der Waals surface area contributed by atoms with Crippen molar-refractivity contribution >= 4 is 17.7 Å². The van der Waals surface area contributed by atoms with Crippen LogP contribution in [0.2, 0.25) is 0 Å². The summed E-state index contributed by atoms with van der Waals surface area (Å²) in [6, 6.07) is 10.3. The van der Waals surface area contributed by atoms with Crippen LogP contribution in [-0.4, -0.2) is 36.2 Å². The molecule has 1 aromatic rings. The molecule has 1 amide bonds. The molecule has 0 bridgehead atoms. The summed E-state index contributed by atoms with van der Waals surface area (Å²) in [7, 11) is 0. The van der Waals surface area contributed by atoms with E-state index >= 15 is 0 Å². The fourth-order valence-corrected chi connectivity index (χ4v) is 3.17. The molecule has 5 nitrogen and oxygen atoms in total. The topological polar surface area (TPSA) is 69.1 Å². The van der Waals surface area contributed by atoms with Gasteiger partial charge in [0.05, 0.1) is 0 Å². The van der Waals surface area contributed by atoms with E-state index in [1.54, 1.807) is 0 Å². The molecular weight excluding hydrogens is 272 g/mol. The van der Waals surface area contributed by atoms with Crippen LogP contribution in [-0.2, 0) is 4.79 Å².